The van der Waals surface area contributed by atoms with Gasteiger partial charge in [-0.15, -0.1) is 0 Å². The zero-order valence-electron chi connectivity index (χ0n) is 11.0. The fraction of sp³-hybridized carbons (Fsp3) is 0.462. The van der Waals surface area contributed by atoms with Crippen LogP contribution >= 0.6 is 34.8 Å². The van der Waals surface area contributed by atoms with E-state index in [1.807, 2.05) is 20.8 Å². The first-order valence-electron chi connectivity index (χ1n) is 5.88. The van der Waals surface area contributed by atoms with Crippen molar-refractivity contribution >= 4 is 40.7 Å². The van der Waals surface area contributed by atoms with Crippen molar-refractivity contribution in [2.45, 2.75) is 26.8 Å². The van der Waals surface area contributed by atoms with E-state index < -0.39 is 0 Å². The van der Waals surface area contributed by atoms with E-state index in [4.69, 9.17) is 39.5 Å². The molecular formula is C13H16Cl3NO2. The number of rotatable bonds is 5. The highest BCUT2D eigenvalue weighted by molar-refractivity contribution is 6.40. The van der Waals surface area contributed by atoms with Gasteiger partial charge in [0.25, 0.3) is 5.91 Å². The first kappa shape index (κ1) is 16.4. The number of benzene rings is 1. The number of amides is 1. The second-order valence-corrected chi connectivity index (χ2v) is 5.84. The van der Waals surface area contributed by atoms with Gasteiger partial charge in [0, 0.05) is 11.1 Å². The third kappa shape index (κ3) is 5.09. The molecule has 106 valence electrons. The van der Waals surface area contributed by atoms with Crippen LogP contribution < -0.4 is 10.1 Å². The van der Waals surface area contributed by atoms with Gasteiger partial charge in [0.15, 0.2) is 12.4 Å². The molecule has 1 amide bonds. The van der Waals surface area contributed by atoms with Gasteiger partial charge in [-0.3, -0.25) is 4.79 Å². The van der Waals surface area contributed by atoms with Crippen LogP contribution in [0.5, 0.6) is 5.75 Å². The Morgan fingerprint density at radius 3 is 2.21 bits per heavy atom. The summed E-state index contributed by atoms with van der Waals surface area (Å²) in [5.74, 6) is 0.398. The van der Waals surface area contributed by atoms with Crippen molar-refractivity contribution in [1.29, 1.82) is 0 Å². The largest absolute Gasteiger partial charge is 0.481 e. The van der Waals surface area contributed by atoms with E-state index in [1.165, 1.54) is 12.1 Å². The molecule has 0 aliphatic heterocycles. The molecule has 0 aliphatic carbocycles. The number of nitrogens with one attached hydrogen (secondary N) is 1. The van der Waals surface area contributed by atoms with E-state index in [-0.39, 0.29) is 34.4 Å². The summed E-state index contributed by atoms with van der Waals surface area (Å²) in [7, 11) is 0. The number of halogens is 3. The molecule has 0 aliphatic rings. The molecule has 1 rings (SSSR count). The van der Waals surface area contributed by atoms with Crippen LogP contribution in [-0.2, 0) is 4.79 Å². The maximum atomic E-state index is 11.7. The molecule has 1 aromatic carbocycles. The maximum Gasteiger partial charge on any atom is 0.258 e. The number of carbonyl (C=O) groups excluding carboxylic acids is 1. The van der Waals surface area contributed by atoms with Crippen molar-refractivity contribution < 1.29 is 9.53 Å². The Hall–Kier alpha value is -0.640. The summed E-state index contributed by atoms with van der Waals surface area (Å²) in [6, 6.07) is 3.10. The van der Waals surface area contributed by atoms with Crippen LogP contribution in [0.2, 0.25) is 15.1 Å². The van der Waals surface area contributed by atoms with Crippen molar-refractivity contribution in [2.75, 3.05) is 6.61 Å². The number of hydrogen-bond acceptors (Lipinski definition) is 2. The van der Waals surface area contributed by atoms with Crippen molar-refractivity contribution in [3.05, 3.63) is 27.2 Å². The Morgan fingerprint density at radius 1 is 1.21 bits per heavy atom. The zero-order valence-corrected chi connectivity index (χ0v) is 13.2. The van der Waals surface area contributed by atoms with E-state index in [2.05, 4.69) is 5.32 Å². The minimum absolute atomic E-state index is 0.0762. The molecule has 1 atom stereocenters. The normalized spacial score (nSPS) is 12.4. The van der Waals surface area contributed by atoms with E-state index in [1.54, 1.807) is 0 Å². The maximum absolute atomic E-state index is 11.7. The predicted molar refractivity (Wildman–Crippen MR) is 79.4 cm³/mol. The Bertz CT molecular complexity index is 440. The molecule has 3 nitrogen and oxygen atoms in total. The molecule has 6 heteroatoms. The highest BCUT2D eigenvalue weighted by Crippen LogP contribution is 2.35. The summed E-state index contributed by atoms with van der Waals surface area (Å²) >= 11 is 17.7. The van der Waals surface area contributed by atoms with Crippen LogP contribution in [0, 0.1) is 5.92 Å². The number of ether oxygens (including phenoxy) is 1. The van der Waals surface area contributed by atoms with Gasteiger partial charge in [-0.2, -0.15) is 0 Å². The lowest BCUT2D eigenvalue weighted by Gasteiger charge is -2.18. The lowest BCUT2D eigenvalue weighted by atomic mass is 10.1. The molecule has 0 fully saturated rings. The molecule has 0 radical (unpaired) electrons. The Balaban J connectivity index is 2.60. The van der Waals surface area contributed by atoms with Crippen LogP contribution in [0.4, 0.5) is 0 Å². The van der Waals surface area contributed by atoms with Crippen molar-refractivity contribution in [3.63, 3.8) is 0 Å². The summed E-state index contributed by atoms with van der Waals surface area (Å²) < 4.78 is 5.33. The Kier molecular flexibility index (Phi) is 6.24. The molecule has 0 aromatic heterocycles. The van der Waals surface area contributed by atoms with E-state index in [0.29, 0.717) is 10.9 Å². The molecular weight excluding hydrogens is 309 g/mol. The molecule has 0 unspecified atom stereocenters. The molecule has 0 heterocycles. The first-order valence-corrected chi connectivity index (χ1v) is 7.01. The van der Waals surface area contributed by atoms with Crippen LogP contribution in [0.25, 0.3) is 0 Å². The molecule has 0 saturated heterocycles. The van der Waals surface area contributed by atoms with Crippen molar-refractivity contribution in [1.82, 2.24) is 5.32 Å². The molecule has 0 bridgehead atoms. The lowest BCUT2D eigenvalue weighted by molar-refractivity contribution is -0.123. The van der Waals surface area contributed by atoms with Gasteiger partial charge in [0.05, 0.1) is 10.0 Å². The van der Waals surface area contributed by atoms with Crippen molar-refractivity contribution in [2.24, 2.45) is 5.92 Å². The summed E-state index contributed by atoms with van der Waals surface area (Å²) in [6.07, 6.45) is 0. The molecule has 0 saturated carbocycles. The minimum atomic E-state index is -0.219. The van der Waals surface area contributed by atoms with Crippen LogP contribution in [0.3, 0.4) is 0 Å². The van der Waals surface area contributed by atoms with E-state index >= 15 is 0 Å². The minimum Gasteiger partial charge on any atom is -0.481 e. The lowest BCUT2D eigenvalue weighted by Crippen LogP contribution is -2.39. The Morgan fingerprint density at radius 2 is 1.74 bits per heavy atom. The summed E-state index contributed by atoms with van der Waals surface area (Å²) in [4.78, 5) is 11.7. The Labute approximate surface area is 128 Å². The first-order chi connectivity index (χ1) is 8.81. The standard InChI is InChI=1S/C13H16Cl3NO2/c1-7(2)8(3)17-12(18)6-19-13-10(15)4-9(14)5-11(13)16/h4-5,7-8H,6H2,1-3H3,(H,17,18)/t8-/m1/s1. The van der Waals surface area contributed by atoms with Gasteiger partial charge in [-0.05, 0) is 25.0 Å². The molecule has 19 heavy (non-hydrogen) atoms. The number of hydrogen-bond donors (Lipinski definition) is 1. The predicted octanol–water partition coefficient (Wildman–Crippen LogP) is 4.19. The van der Waals surface area contributed by atoms with E-state index in [0.717, 1.165) is 0 Å². The fourth-order valence-corrected chi connectivity index (χ4v) is 2.19. The van der Waals surface area contributed by atoms with Gasteiger partial charge in [-0.25, -0.2) is 0 Å². The third-order valence-corrected chi connectivity index (χ3v) is 3.48. The quantitative estimate of drug-likeness (QED) is 0.882. The summed E-state index contributed by atoms with van der Waals surface area (Å²) in [5.41, 5.74) is 0. The summed E-state index contributed by atoms with van der Waals surface area (Å²) in [5, 5.41) is 3.80. The average Bonchev–Trinajstić information content (AvgIpc) is 2.27. The molecule has 1 aromatic rings. The molecule has 0 spiro atoms. The third-order valence-electron chi connectivity index (χ3n) is 2.70. The van der Waals surface area contributed by atoms with Gasteiger partial charge in [0.1, 0.15) is 0 Å². The SMILES string of the molecule is CC(C)[C@@H](C)NC(=O)COc1c(Cl)cc(Cl)cc1Cl. The number of carbonyl (C=O) groups is 1. The highest BCUT2D eigenvalue weighted by Gasteiger charge is 2.14. The smallest absolute Gasteiger partial charge is 0.258 e. The van der Waals surface area contributed by atoms with Crippen LogP contribution in [0.15, 0.2) is 12.1 Å². The fourth-order valence-electron chi connectivity index (χ4n) is 1.27. The summed E-state index contributed by atoms with van der Waals surface area (Å²) in [6.45, 7) is 5.85. The van der Waals surface area contributed by atoms with Crippen LogP contribution in [0.1, 0.15) is 20.8 Å². The van der Waals surface area contributed by atoms with Gasteiger partial charge >= 0.3 is 0 Å². The highest BCUT2D eigenvalue weighted by atomic mass is 35.5. The van der Waals surface area contributed by atoms with Gasteiger partial charge in [-0.1, -0.05) is 48.7 Å². The van der Waals surface area contributed by atoms with E-state index in [9.17, 15) is 4.79 Å². The average molecular weight is 325 g/mol. The second-order valence-electron chi connectivity index (χ2n) is 4.59. The van der Waals surface area contributed by atoms with Crippen LogP contribution in [-0.4, -0.2) is 18.6 Å². The zero-order chi connectivity index (χ0) is 14.6. The van der Waals surface area contributed by atoms with Gasteiger partial charge < -0.3 is 10.1 Å². The molecule has 1 N–H and O–H groups in total. The van der Waals surface area contributed by atoms with Gasteiger partial charge in [0.2, 0.25) is 0 Å². The second kappa shape index (κ2) is 7.22. The van der Waals surface area contributed by atoms with Crippen molar-refractivity contribution in [3.8, 4) is 5.75 Å². The topological polar surface area (TPSA) is 38.3 Å². The monoisotopic (exact) mass is 323 g/mol.